The fourth-order valence-corrected chi connectivity index (χ4v) is 4.28. The predicted octanol–water partition coefficient (Wildman–Crippen LogP) is 4.17. The third-order valence-electron chi connectivity index (χ3n) is 5.31. The molecule has 2 aromatic carbocycles. The molecule has 2 aliphatic rings. The number of benzene rings is 2. The number of nitrogens with two attached hydrogens (primary N) is 2. The van der Waals surface area contributed by atoms with Gasteiger partial charge >= 0.3 is 0 Å². The molecule has 1 aliphatic heterocycles. The van der Waals surface area contributed by atoms with Crippen LogP contribution >= 0.6 is 11.6 Å². The van der Waals surface area contributed by atoms with Gasteiger partial charge in [0.15, 0.2) is 0 Å². The van der Waals surface area contributed by atoms with E-state index in [1.165, 1.54) is 12.1 Å². The van der Waals surface area contributed by atoms with Gasteiger partial charge in [0.1, 0.15) is 23.8 Å². The van der Waals surface area contributed by atoms with E-state index >= 15 is 0 Å². The monoisotopic (exact) mass is 415 g/mol. The van der Waals surface area contributed by atoms with Crippen LogP contribution in [0, 0.1) is 5.82 Å². The molecule has 1 heterocycles. The van der Waals surface area contributed by atoms with Crippen LogP contribution in [0.25, 0.3) is 0 Å². The lowest BCUT2D eigenvalue weighted by Crippen LogP contribution is -2.58. The molecule has 1 saturated carbocycles. The number of ether oxygens (including phenoxy) is 1. The van der Waals surface area contributed by atoms with Gasteiger partial charge in [0, 0.05) is 6.07 Å². The summed E-state index contributed by atoms with van der Waals surface area (Å²) in [5.74, 6) is 0.773. The zero-order valence-electron chi connectivity index (χ0n) is 15.9. The van der Waals surface area contributed by atoms with Crippen molar-refractivity contribution in [3.63, 3.8) is 0 Å². The molecule has 2 aromatic rings. The number of halogens is 2. The molecule has 0 radical (unpaired) electrons. The van der Waals surface area contributed by atoms with Gasteiger partial charge in [0.2, 0.25) is 11.9 Å². The molecule has 1 aliphatic carbocycles. The topological polar surface area (TPSA) is 89.2 Å². The third kappa shape index (κ3) is 4.00. The van der Waals surface area contributed by atoms with Crippen LogP contribution in [0.3, 0.4) is 0 Å². The molecule has 0 unspecified atom stereocenters. The standard InChI is InChI=1S/C21H23ClFN5O/c22-17-12-16(29-13-14-5-4-6-15(23)11-14)7-8-18(17)28-20(25)26-19(24)27-21(28)9-2-1-3-10-21/h4-8,11-12H,1-3,9-10,13H2,(H4,24,25,26,27). The number of rotatable bonds is 4. The van der Waals surface area contributed by atoms with E-state index in [2.05, 4.69) is 9.98 Å². The lowest BCUT2D eigenvalue weighted by atomic mass is 9.87. The Bertz CT molecular complexity index is 971. The molecular weight excluding hydrogens is 393 g/mol. The van der Waals surface area contributed by atoms with Crippen molar-refractivity contribution in [3.05, 3.63) is 58.9 Å². The smallest absolute Gasteiger partial charge is 0.220 e. The number of guanidine groups is 2. The van der Waals surface area contributed by atoms with E-state index in [9.17, 15) is 4.39 Å². The van der Waals surface area contributed by atoms with Crippen molar-refractivity contribution in [2.75, 3.05) is 4.90 Å². The average Bonchev–Trinajstić information content (AvgIpc) is 2.68. The molecule has 152 valence electrons. The molecule has 6 nitrogen and oxygen atoms in total. The van der Waals surface area contributed by atoms with Crippen molar-refractivity contribution in [1.29, 1.82) is 0 Å². The highest BCUT2D eigenvalue weighted by Gasteiger charge is 2.43. The summed E-state index contributed by atoms with van der Waals surface area (Å²) in [6.07, 6.45) is 4.89. The Morgan fingerprint density at radius 1 is 1.10 bits per heavy atom. The number of hydrogen-bond donors (Lipinski definition) is 2. The fraction of sp³-hybridized carbons (Fsp3) is 0.333. The quantitative estimate of drug-likeness (QED) is 0.784. The molecule has 0 aromatic heterocycles. The van der Waals surface area contributed by atoms with Gasteiger partial charge in [-0.05, 0) is 55.5 Å². The first-order valence-corrected chi connectivity index (χ1v) is 10.0. The molecule has 0 amide bonds. The van der Waals surface area contributed by atoms with Crippen LogP contribution in [0.2, 0.25) is 5.02 Å². The summed E-state index contributed by atoms with van der Waals surface area (Å²) in [5, 5.41) is 0.473. The zero-order chi connectivity index (χ0) is 20.4. The van der Waals surface area contributed by atoms with Gasteiger partial charge in [-0.2, -0.15) is 4.99 Å². The first kappa shape index (κ1) is 19.5. The van der Waals surface area contributed by atoms with Crippen molar-refractivity contribution in [2.45, 2.75) is 44.4 Å². The van der Waals surface area contributed by atoms with Crippen LogP contribution < -0.4 is 21.1 Å². The minimum absolute atomic E-state index is 0.201. The Morgan fingerprint density at radius 2 is 1.90 bits per heavy atom. The van der Waals surface area contributed by atoms with E-state index in [0.717, 1.165) is 37.7 Å². The summed E-state index contributed by atoms with van der Waals surface area (Å²) in [6, 6.07) is 11.7. The van der Waals surface area contributed by atoms with E-state index in [1.54, 1.807) is 18.2 Å². The van der Waals surface area contributed by atoms with Gasteiger partial charge in [-0.15, -0.1) is 0 Å². The van der Waals surface area contributed by atoms with Crippen molar-refractivity contribution < 1.29 is 9.13 Å². The molecular formula is C21H23ClFN5O. The van der Waals surface area contributed by atoms with Gasteiger partial charge in [-0.3, -0.25) is 4.90 Å². The third-order valence-corrected chi connectivity index (χ3v) is 5.61. The van der Waals surface area contributed by atoms with Crippen LogP contribution in [-0.2, 0) is 6.61 Å². The fourth-order valence-electron chi connectivity index (χ4n) is 4.02. The van der Waals surface area contributed by atoms with Gasteiger partial charge in [0.25, 0.3) is 0 Å². The van der Waals surface area contributed by atoms with E-state index in [4.69, 9.17) is 27.8 Å². The summed E-state index contributed by atoms with van der Waals surface area (Å²) in [5.41, 5.74) is 13.1. The highest BCUT2D eigenvalue weighted by Crippen LogP contribution is 2.42. The summed E-state index contributed by atoms with van der Waals surface area (Å²) >= 11 is 6.60. The summed E-state index contributed by atoms with van der Waals surface area (Å²) in [7, 11) is 0. The van der Waals surface area contributed by atoms with E-state index < -0.39 is 5.66 Å². The summed E-state index contributed by atoms with van der Waals surface area (Å²) in [6.45, 7) is 0.242. The molecule has 8 heteroatoms. The molecule has 4 N–H and O–H groups in total. The number of hydrogen-bond acceptors (Lipinski definition) is 6. The first-order chi connectivity index (χ1) is 14.0. The molecule has 29 heavy (non-hydrogen) atoms. The Morgan fingerprint density at radius 3 is 2.62 bits per heavy atom. The second-order valence-corrected chi connectivity index (χ2v) is 7.76. The Kier molecular flexibility index (Phi) is 5.32. The summed E-state index contributed by atoms with van der Waals surface area (Å²) < 4.78 is 19.1. The van der Waals surface area contributed by atoms with Crippen LogP contribution in [0.4, 0.5) is 10.1 Å². The minimum atomic E-state index is -0.554. The zero-order valence-corrected chi connectivity index (χ0v) is 16.7. The highest BCUT2D eigenvalue weighted by atomic mass is 35.5. The predicted molar refractivity (Wildman–Crippen MR) is 114 cm³/mol. The van der Waals surface area contributed by atoms with Crippen molar-refractivity contribution in [1.82, 2.24) is 0 Å². The largest absolute Gasteiger partial charge is 0.489 e. The minimum Gasteiger partial charge on any atom is -0.489 e. The van der Waals surface area contributed by atoms with Crippen LogP contribution in [0.1, 0.15) is 37.7 Å². The number of nitrogens with zero attached hydrogens (tertiary/aromatic N) is 3. The SMILES string of the molecule is NC1=NC2(CCCCC2)N(c2ccc(OCc3cccc(F)c3)cc2Cl)C(N)=N1. The first-order valence-electron chi connectivity index (χ1n) is 9.63. The molecule has 1 spiro atoms. The maximum Gasteiger partial charge on any atom is 0.220 e. The molecule has 0 bridgehead atoms. The van der Waals surface area contributed by atoms with E-state index in [-0.39, 0.29) is 24.3 Å². The van der Waals surface area contributed by atoms with Crippen LogP contribution in [0.15, 0.2) is 52.4 Å². The Hall–Kier alpha value is -2.80. The molecule has 1 fully saturated rings. The van der Waals surface area contributed by atoms with Crippen molar-refractivity contribution in [2.24, 2.45) is 21.5 Å². The van der Waals surface area contributed by atoms with Gasteiger partial charge < -0.3 is 16.2 Å². The van der Waals surface area contributed by atoms with E-state index in [0.29, 0.717) is 16.5 Å². The lowest BCUT2D eigenvalue weighted by Gasteiger charge is -2.45. The normalized spacial score (nSPS) is 18.3. The summed E-state index contributed by atoms with van der Waals surface area (Å²) in [4.78, 5) is 10.7. The maximum absolute atomic E-state index is 13.3. The average molecular weight is 416 g/mol. The molecule has 0 saturated heterocycles. The van der Waals surface area contributed by atoms with Crippen molar-refractivity contribution >= 4 is 29.2 Å². The van der Waals surface area contributed by atoms with Crippen molar-refractivity contribution in [3.8, 4) is 5.75 Å². The number of aliphatic imine (C=N–C) groups is 2. The maximum atomic E-state index is 13.3. The molecule has 0 atom stereocenters. The second-order valence-electron chi connectivity index (χ2n) is 7.35. The van der Waals surface area contributed by atoms with Gasteiger partial charge in [0.05, 0.1) is 10.7 Å². The highest BCUT2D eigenvalue weighted by molar-refractivity contribution is 6.34. The Labute approximate surface area is 174 Å². The van der Waals surface area contributed by atoms with Gasteiger partial charge in [-0.25, -0.2) is 9.38 Å². The second kappa shape index (κ2) is 7.91. The lowest BCUT2D eigenvalue weighted by molar-refractivity contribution is 0.302. The van der Waals surface area contributed by atoms with Crippen LogP contribution in [0.5, 0.6) is 5.75 Å². The number of anilines is 1. The van der Waals surface area contributed by atoms with Gasteiger partial charge in [-0.1, -0.05) is 30.2 Å². The Balaban J connectivity index is 1.59. The molecule has 4 rings (SSSR count). The van der Waals surface area contributed by atoms with Crippen LogP contribution in [-0.4, -0.2) is 17.6 Å². The van der Waals surface area contributed by atoms with E-state index in [1.807, 2.05) is 17.0 Å².